The van der Waals surface area contributed by atoms with Gasteiger partial charge in [-0.15, -0.1) is 0 Å². The Bertz CT molecular complexity index is 1030. The van der Waals surface area contributed by atoms with E-state index in [2.05, 4.69) is 4.74 Å². The van der Waals surface area contributed by atoms with Crippen molar-refractivity contribution in [2.24, 2.45) is 0 Å². The van der Waals surface area contributed by atoms with Crippen molar-refractivity contribution < 1.29 is 27.5 Å². The number of esters is 2. The first kappa shape index (κ1) is 22.3. The molecule has 9 heteroatoms. The summed E-state index contributed by atoms with van der Waals surface area (Å²) in [6, 6.07) is 9.87. The van der Waals surface area contributed by atoms with Crippen molar-refractivity contribution >= 4 is 33.6 Å². The van der Waals surface area contributed by atoms with Crippen LogP contribution in [0.1, 0.15) is 46.4 Å². The molecule has 2 aromatic carbocycles. The molecule has 0 radical (unpaired) electrons. The molecule has 0 spiro atoms. The topological polar surface area (TPSA) is 90.0 Å². The van der Waals surface area contributed by atoms with Gasteiger partial charge >= 0.3 is 11.9 Å². The molecule has 1 aliphatic rings. The van der Waals surface area contributed by atoms with Crippen LogP contribution >= 0.6 is 11.6 Å². The van der Waals surface area contributed by atoms with E-state index in [-0.39, 0.29) is 21.2 Å². The molecule has 0 aromatic heterocycles. The molecule has 0 N–H and O–H groups in total. The standard InChI is InChI=1S/C21H22ClNO6S/c1-28-20(24)15-6-9-17(10-7-15)29-21(25)16-8-11-18(22)19(14-16)30(26,27)23-12-4-2-3-5-13-23/h6-11,14H,2-5,12-13H2,1H3. The maximum Gasteiger partial charge on any atom is 0.343 e. The van der Waals surface area contributed by atoms with Gasteiger partial charge in [0.05, 0.1) is 23.3 Å². The summed E-state index contributed by atoms with van der Waals surface area (Å²) in [7, 11) is -2.55. The second-order valence-electron chi connectivity index (χ2n) is 6.87. The van der Waals surface area contributed by atoms with Crippen LogP contribution in [0.15, 0.2) is 47.4 Å². The first-order valence-corrected chi connectivity index (χ1v) is 11.3. The average Bonchev–Trinajstić information content (AvgIpc) is 3.04. The molecule has 1 aliphatic heterocycles. The maximum atomic E-state index is 13.1. The van der Waals surface area contributed by atoms with Gasteiger partial charge in [-0.2, -0.15) is 4.31 Å². The van der Waals surface area contributed by atoms with Gasteiger partial charge in [-0.1, -0.05) is 24.4 Å². The summed E-state index contributed by atoms with van der Waals surface area (Å²) in [4.78, 5) is 23.9. The molecule has 0 aliphatic carbocycles. The second kappa shape index (κ2) is 9.59. The van der Waals surface area contributed by atoms with E-state index in [0.717, 1.165) is 25.7 Å². The molecule has 1 heterocycles. The number of halogens is 1. The molecule has 30 heavy (non-hydrogen) atoms. The number of benzene rings is 2. The number of nitrogens with zero attached hydrogens (tertiary/aromatic N) is 1. The molecule has 1 fully saturated rings. The highest BCUT2D eigenvalue weighted by molar-refractivity contribution is 7.89. The predicted molar refractivity (Wildman–Crippen MR) is 111 cm³/mol. The molecule has 3 rings (SSSR count). The normalized spacial score (nSPS) is 15.3. The molecular formula is C21H22ClNO6S. The number of methoxy groups -OCH3 is 1. The Kier molecular flexibility index (Phi) is 7.12. The molecule has 1 saturated heterocycles. The van der Waals surface area contributed by atoms with Gasteiger partial charge in [0, 0.05) is 13.1 Å². The van der Waals surface area contributed by atoms with E-state index in [1.807, 2.05) is 0 Å². The SMILES string of the molecule is COC(=O)c1ccc(OC(=O)c2ccc(Cl)c(S(=O)(=O)N3CCCCCC3)c2)cc1. The van der Waals surface area contributed by atoms with Gasteiger partial charge in [0.2, 0.25) is 10.0 Å². The number of sulfonamides is 1. The lowest BCUT2D eigenvalue weighted by Crippen LogP contribution is -2.32. The Hall–Kier alpha value is -2.42. The summed E-state index contributed by atoms with van der Waals surface area (Å²) in [5.74, 6) is -1.03. The molecule has 160 valence electrons. The van der Waals surface area contributed by atoms with Crippen LogP contribution < -0.4 is 4.74 Å². The number of hydrogen-bond acceptors (Lipinski definition) is 6. The molecular weight excluding hydrogens is 430 g/mol. The fourth-order valence-corrected chi connectivity index (χ4v) is 5.21. The average molecular weight is 452 g/mol. The van der Waals surface area contributed by atoms with Crippen LogP contribution in [0.25, 0.3) is 0 Å². The van der Waals surface area contributed by atoms with Crippen LogP contribution in [0, 0.1) is 0 Å². The minimum Gasteiger partial charge on any atom is -0.465 e. The smallest absolute Gasteiger partial charge is 0.343 e. The van der Waals surface area contributed by atoms with Crippen LogP contribution in [0.2, 0.25) is 5.02 Å². The lowest BCUT2D eigenvalue weighted by molar-refractivity contribution is 0.0600. The third kappa shape index (κ3) is 5.00. The van der Waals surface area contributed by atoms with Gasteiger partial charge < -0.3 is 9.47 Å². The third-order valence-electron chi connectivity index (χ3n) is 4.84. The summed E-state index contributed by atoms with van der Waals surface area (Å²) in [5.41, 5.74) is 0.375. The monoisotopic (exact) mass is 451 g/mol. The van der Waals surface area contributed by atoms with Crippen molar-refractivity contribution in [3.63, 3.8) is 0 Å². The Morgan fingerprint density at radius 1 is 0.900 bits per heavy atom. The summed E-state index contributed by atoms with van der Waals surface area (Å²) in [5, 5.41) is 0.0539. The Morgan fingerprint density at radius 2 is 1.50 bits per heavy atom. The van der Waals surface area contributed by atoms with Gasteiger partial charge in [0.1, 0.15) is 10.6 Å². The minimum atomic E-state index is -3.82. The Balaban J connectivity index is 1.81. The van der Waals surface area contributed by atoms with E-state index in [1.165, 1.54) is 53.9 Å². The lowest BCUT2D eigenvalue weighted by Gasteiger charge is -2.21. The zero-order valence-electron chi connectivity index (χ0n) is 16.5. The van der Waals surface area contributed by atoms with E-state index in [0.29, 0.717) is 18.7 Å². The van der Waals surface area contributed by atoms with Gasteiger partial charge in [-0.05, 0) is 55.3 Å². The van der Waals surface area contributed by atoms with Crippen LogP contribution in [0.3, 0.4) is 0 Å². The fraction of sp³-hybridized carbons (Fsp3) is 0.333. The largest absolute Gasteiger partial charge is 0.465 e. The highest BCUT2D eigenvalue weighted by atomic mass is 35.5. The number of carbonyl (C=O) groups is 2. The van der Waals surface area contributed by atoms with Gasteiger partial charge in [-0.3, -0.25) is 0 Å². The van der Waals surface area contributed by atoms with Crippen LogP contribution in [0.5, 0.6) is 5.75 Å². The van der Waals surface area contributed by atoms with Gasteiger partial charge in [-0.25, -0.2) is 18.0 Å². The van der Waals surface area contributed by atoms with Crippen molar-refractivity contribution in [3.8, 4) is 5.75 Å². The quantitative estimate of drug-likeness (QED) is 0.505. The van der Waals surface area contributed by atoms with Gasteiger partial charge in [0.15, 0.2) is 0 Å². The number of carbonyl (C=O) groups excluding carboxylic acids is 2. The second-order valence-corrected chi connectivity index (χ2v) is 9.18. The number of ether oxygens (including phenoxy) is 2. The Labute approximate surface area is 180 Å². The Morgan fingerprint density at radius 3 is 2.10 bits per heavy atom. The number of rotatable bonds is 5. The van der Waals surface area contributed by atoms with E-state index in [1.54, 1.807) is 0 Å². The zero-order valence-corrected chi connectivity index (χ0v) is 18.0. The first-order valence-electron chi connectivity index (χ1n) is 9.53. The van der Waals surface area contributed by atoms with Crippen LogP contribution in [-0.4, -0.2) is 44.9 Å². The van der Waals surface area contributed by atoms with E-state index >= 15 is 0 Å². The fourth-order valence-electron chi connectivity index (χ4n) is 3.19. The lowest BCUT2D eigenvalue weighted by atomic mass is 10.2. The van der Waals surface area contributed by atoms with Crippen molar-refractivity contribution in [1.29, 1.82) is 0 Å². The van der Waals surface area contributed by atoms with Crippen molar-refractivity contribution in [2.75, 3.05) is 20.2 Å². The highest BCUT2D eigenvalue weighted by Crippen LogP contribution is 2.28. The van der Waals surface area contributed by atoms with Crippen molar-refractivity contribution in [3.05, 3.63) is 58.6 Å². The van der Waals surface area contributed by atoms with E-state index in [9.17, 15) is 18.0 Å². The van der Waals surface area contributed by atoms with E-state index in [4.69, 9.17) is 16.3 Å². The summed E-state index contributed by atoms with van der Waals surface area (Å²) in [6.07, 6.45) is 3.56. The van der Waals surface area contributed by atoms with Gasteiger partial charge in [0.25, 0.3) is 0 Å². The highest BCUT2D eigenvalue weighted by Gasteiger charge is 2.28. The molecule has 2 aromatic rings. The molecule has 0 atom stereocenters. The van der Waals surface area contributed by atoms with Crippen molar-refractivity contribution in [2.45, 2.75) is 30.6 Å². The summed E-state index contributed by atoms with van der Waals surface area (Å²) >= 11 is 6.16. The molecule has 0 bridgehead atoms. The minimum absolute atomic E-state index is 0.0539. The zero-order chi connectivity index (χ0) is 21.7. The maximum absolute atomic E-state index is 13.1. The third-order valence-corrected chi connectivity index (χ3v) is 7.22. The van der Waals surface area contributed by atoms with Crippen LogP contribution in [0.4, 0.5) is 0 Å². The number of hydrogen-bond donors (Lipinski definition) is 0. The molecule has 0 saturated carbocycles. The molecule has 0 unspecified atom stereocenters. The molecule has 0 amide bonds. The van der Waals surface area contributed by atoms with E-state index < -0.39 is 22.0 Å². The summed E-state index contributed by atoms with van der Waals surface area (Å²) in [6.45, 7) is 0.861. The first-order chi connectivity index (χ1) is 14.3. The van der Waals surface area contributed by atoms with Crippen molar-refractivity contribution in [1.82, 2.24) is 4.31 Å². The van der Waals surface area contributed by atoms with Crippen LogP contribution in [-0.2, 0) is 14.8 Å². The predicted octanol–water partition coefficient (Wildman–Crippen LogP) is 3.91. The summed E-state index contributed by atoms with van der Waals surface area (Å²) < 4.78 is 37.5. The molecule has 7 nitrogen and oxygen atoms in total.